The van der Waals surface area contributed by atoms with Crippen molar-refractivity contribution in [3.63, 3.8) is 0 Å². The Balaban J connectivity index is 1.52. The molecule has 1 aromatic rings. The number of ether oxygens (including phenoxy) is 2. The van der Waals surface area contributed by atoms with E-state index in [-0.39, 0.29) is 11.5 Å². The Morgan fingerprint density at radius 3 is 2.06 bits per heavy atom. The molecule has 0 aromatic heterocycles. The smallest absolute Gasteiger partial charge is 0.427 e. The van der Waals surface area contributed by atoms with E-state index in [2.05, 4.69) is 16.6 Å². The minimum absolute atomic E-state index is 0.142. The van der Waals surface area contributed by atoms with Gasteiger partial charge in [-0.3, -0.25) is 0 Å². The molecule has 1 aromatic carbocycles. The first kappa shape index (κ1) is 26.7. The largest absolute Gasteiger partial charge is 0.439 e. The predicted octanol–water partition coefficient (Wildman–Crippen LogP) is 7.31. The van der Waals surface area contributed by atoms with Gasteiger partial charge in [0.2, 0.25) is 0 Å². The standard InChI is InChI=1S/C25H29F7O2/c1-33-15-18-6-11-20(12-7-18)19-9-4-16(5-10-19)2-3-17-8-13-22(21(26)14-17)34-25(31,32)23(27)24(28,29)30/h8,13-14,16,18-20,23H,4-7,9-12,15H2,1H3. The van der Waals surface area contributed by atoms with Gasteiger partial charge in [0.25, 0.3) is 6.17 Å². The van der Waals surface area contributed by atoms with Gasteiger partial charge in [0, 0.05) is 25.2 Å². The van der Waals surface area contributed by atoms with E-state index in [1.54, 1.807) is 7.11 Å². The molecule has 0 spiro atoms. The van der Waals surface area contributed by atoms with E-state index < -0.39 is 30.0 Å². The van der Waals surface area contributed by atoms with Gasteiger partial charge in [-0.25, -0.2) is 8.78 Å². The van der Waals surface area contributed by atoms with Crippen molar-refractivity contribution in [2.45, 2.75) is 69.8 Å². The lowest BCUT2D eigenvalue weighted by Gasteiger charge is -2.36. The molecule has 34 heavy (non-hydrogen) atoms. The monoisotopic (exact) mass is 494 g/mol. The lowest BCUT2D eigenvalue weighted by Crippen LogP contribution is -2.45. The summed E-state index contributed by atoms with van der Waals surface area (Å²) in [6, 6.07) is 2.68. The Hall–Kier alpha value is -1.95. The molecule has 0 bridgehead atoms. The van der Waals surface area contributed by atoms with Gasteiger partial charge in [0.1, 0.15) is 0 Å². The van der Waals surface area contributed by atoms with Crippen molar-refractivity contribution in [2.24, 2.45) is 23.7 Å². The molecular weight excluding hydrogens is 465 g/mol. The lowest BCUT2D eigenvalue weighted by atomic mass is 9.69. The summed E-state index contributed by atoms with van der Waals surface area (Å²) in [6.45, 7) is 0.828. The van der Waals surface area contributed by atoms with Crippen LogP contribution in [0.1, 0.15) is 56.9 Å². The Bertz CT molecular complexity index is 858. The predicted molar refractivity (Wildman–Crippen MR) is 113 cm³/mol. The van der Waals surface area contributed by atoms with E-state index in [1.165, 1.54) is 25.7 Å². The van der Waals surface area contributed by atoms with Gasteiger partial charge < -0.3 is 9.47 Å². The van der Waals surface area contributed by atoms with Crippen molar-refractivity contribution in [3.05, 3.63) is 29.6 Å². The zero-order valence-electron chi connectivity index (χ0n) is 18.9. The number of halogens is 7. The van der Waals surface area contributed by atoms with E-state index >= 15 is 0 Å². The van der Waals surface area contributed by atoms with E-state index in [4.69, 9.17) is 4.74 Å². The highest BCUT2D eigenvalue weighted by molar-refractivity contribution is 5.40. The number of alkyl halides is 6. The second kappa shape index (κ2) is 11.2. The first-order chi connectivity index (χ1) is 16.0. The quantitative estimate of drug-likeness (QED) is 0.305. The van der Waals surface area contributed by atoms with Gasteiger partial charge in [0.05, 0.1) is 0 Å². The summed E-state index contributed by atoms with van der Waals surface area (Å²) in [7, 11) is 1.74. The highest BCUT2D eigenvalue weighted by Gasteiger charge is 2.59. The fourth-order valence-corrected chi connectivity index (χ4v) is 5.03. The van der Waals surface area contributed by atoms with Gasteiger partial charge in [-0.05, 0) is 87.3 Å². The normalized spacial score (nSPS) is 26.9. The van der Waals surface area contributed by atoms with Crippen molar-refractivity contribution in [3.8, 4) is 17.6 Å². The first-order valence-electron chi connectivity index (χ1n) is 11.6. The van der Waals surface area contributed by atoms with Gasteiger partial charge in [-0.15, -0.1) is 0 Å². The van der Waals surface area contributed by atoms with Crippen LogP contribution in [0.5, 0.6) is 5.75 Å². The van der Waals surface area contributed by atoms with Crippen molar-refractivity contribution in [2.75, 3.05) is 13.7 Å². The summed E-state index contributed by atoms with van der Waals surface area (Å²) in [6.07, 6.45) is -6.77. The van der Waals surface area contributed by atoms with Gasteiger partial charge >= 0.3 is 12.3 Å². The summed E-state index contributed by atoms with van der Waals surface area (Å²) in [4.78, 5) is 0. The van der Waals surface area contributed by atoms with Crippen molar-refractivity contribution >= 4 is 0 Å². The van der Waals surface area contributed by atoms with Crippen LogP contribution in [0.3, 0.4) is 0 Å². The molecule has 2 fully saturated rings. The molecule has 0 radical (unpaired) electrons. The molecule has 1 atom stereocenters. The van der Waals surface area contributed by atoms with Crippen LogP contribution in [0.25, 0.3) is 0 Å². The Morgan fingerprint density at radius 1 is 0.941 bits per heavy atom. The number of rotatable bonds is 6. The fourth-order valence-electron chi connectivity index (χ4n) is 5.03. The molecule has 1 unspecified atom stereocenters. The van der Waals surface area contributed by atoms with Crippen molar-refractivity contribution < 1.29 is 40.2 Å². The third kappa shape index (κ3) is 7.03. The molecular formula is C25H29F7O2. The summed E-state index contributed by atoms with van der Waals surface area (Å²) in [5, 5.41) is 0. The van der Waals surface area contributed by atoms with Crippen LogP contribution in [0, 0.1) is 41.3 Å². The number of methoxy groups -OCH3 is 1. The summed E-state index contributed by atoms with van der Waals surface area (Å²) < 4.78 is 99.4. The first-order valence-corrected chi connectivity index (χ1v) is 11.6. The SMILES string of the molecule is COCC1CCC(C2CCC(C#Cc3ccc(OC(F)(F)C(F)C(F)(F)F)c(F)c3)CC2)CC1. The molecule has 0 aliphatic heterocycles. The third-order valence-corrected chi connectivity index (χ3v) is 6.91. The molecule has 2 saturated carbocycles. The highest BCUT2D eigenvalue weighted by Crippen LogP contribution is 2.41. The minimum Gasteiger partial charge on any atom is -0.427 e. The maximum atomic E-state index is 14.1. The highest BCUT2D eigenvalue weighted by atomic mass is 19.4. The minimum atomic E-state index is -5.84. The van der Waals surface area contributed by atoms with Gasteiger partial charge in [0.15, 0.2) is 11.6 Å². The van der Waals surface area contributed by atoms with E-state index in [1.807, 2.05) is 0 Å². The maximum absolute atomic E-state index is 14.1. The molecule has 2 aliphatic rings. The zero-order valence-corrected chi connectivity index (χ0v) is 18.9. The topological polar surface area (TPSA) is 18.5 Å². The molecule has 0 N–H and O–H groups in total. The van der Waals surface area contributed by atoms with Crippen molar-refractivity contribution in [1.82, 2.24) is 0 Å². The van der Waals surface area contributed by atoms with Gasteiger partial charge in [-0.2, -0.15) is 22.0 Å². The molecule has 2 aliphatic carbocycles. The third-order valence-electron chi connectivity index (χ3n) is 6.91. The second-order valence-corrected chi connectivity index (χ2v) is 9.33. The van der Waals surface area contributed by atoms with Crippen LogP contribution in [0.15, 0.2) is 18.2 Å². The number of hydrogen-bond donors (Lipinski definition) is 0. The average Bonchev–Trinajstić information content (AvgIpc) is 2.79. The summed E-state index contributed by atoms with van der Waals surface area (Å²) in [5.74, 6) is 5.61. The Morgan fingerprint density at radius 2 is 1.53 bits per heavy atom. The van der Waals surface area contributed by atoms with Crippen LogP contribution >= 0.6 is 0 Å². The molecule has 2 nitrogen and oxygen atoms in total. The maximum Gasteiger partial charge on any atom is 0.439 e. The van der Waals surface area contributed by atoms with Crippen LogP contribution in [-0.2, 0) is 4.74 Å². The summed E-state index contributed by atoms with van der Waals surface area (Å²) in [5.41, 5.74) is 0.180. The number of hydrogen-bond acceptors (Lipinski definition) is 2. The van der Waals surface area contributed by atoms with E-state index in [0.29, 0.717) is 11.8 Å². The molecule has 0 saturated heterocycles. The molecule has 0 amide bonds. The number of benzene rings is 1. The molecule has 190 valence electrons. The van der Waals surface area contributed by atoms with Crippen molar-refractivity contribution in [1.29, 1.82) is 0 Å². The molecule has 3 rings (SSSR count). The Kier molecular flexibility index (Phi) is 8.77. The zero-order chi connectivity index (χ0) is 24.9. The Labute approximate surface area is 195 Å². The lowest BCUT2D eigenvalue weighted by molar-refractivity contribution is -0.305. The fraction of sp³-hybridized carbons (Fsp3) is 0.680. The van der Waals surface area contributed by atoms with E-state index in [9.17, 15) is 30.7 Å². The van der Waals surface area contributed by atoms with Crippen LogP contribution < -0.4 is 4.74 Å². The second-order valence-electron chi connectivity index (χ2n) is 9.33. The van der Waals surface area contributed by atoms with Gasteiger partial charge in [-0.1, -0.05) is 11.8 Å². The average molecular weight is 494 g/mol. The summed E-state index contributed by atoms with van der Waals surface area (Å²) >= 11 is 0. The van der Waals surface area contributed by atoms with Crippen LogP contribution in [0.4, 0.5) is 30.7 Å². The van der Waals surface area contributed by atoms with Crippen LogP contribution in [-0.4, -0.2) is 32.2 Å². The van der Waals surface area contributed by atoms with Crippen LogP contribution in [0.2, 0.25) is 0 Å². The van der Waals surface area contributed by atoms with E-state index in [0.717, 1.165) is 56.4 Å². The molecule has 0 heterocycles. The molecule has 9 heteroatoms.